The summed E-state index contributed by atoms with van der Waals surface area (Å²) in [4.78, 5) is 24.2. The molecule has 0 saturated heterocycles. The molecule has 0 bridgehead atoms. The zero-order valence-electron chi connectivity index (χ0n) is 9.61. The molecule has 0 aliphatic carbocycles. The molecular weight excluding hydrogens is 238 g/mol. The lowest BCUT2D eigenvalue weighted by Gasteiger charge is -2.10. The molecule has 8 heteroatoms. The van der Waals surface area contributed by atoms with Gasteiger partial charge in [-0.2, -0.15) is 0 Å². The summed E-state index contributed by atoms with van der Waals surface area (Å²) in [5.41, 5.74) is 8.37. The number of carbonyl (C=O) groups is 1. The molecule has 0 saturated carbocycles. The number of benzene rings is 1. The summed E-state index contributed by atoms with van der Waals surface area (Å²) >= 11 is 0. The zero-order chi connectivity index (χ0) is 13.5. The number of nitro groups is 1. The third kappa shape index (κ3) is 3.76. The van der Waals surface area contributed by atoms with Crippen LogP contribution in [-0.2, 0) is 0 Å². The van der Waals surface area contributed by atoms with Crippen LogP contribution in [0, 0.1) is 10.1 Å². The highest BCUT2D eigenvalue weighted by molar-refractivity contribution is 5.94. The van der Waals surface area contributed by atoms with Gasteiger partial charge in [0.15, 0.2) is 0 Å². The first-order chi connectivity index (χ1) is 8.54. The van der Waals surface area contributed by atoms with Crippen molar-refractivity contribution in [3.8, 4) is 0 Å². The van der Waals surface area contributed by atoms with E-state index in [1.165, 1.54) is 24.3 Å². The van der Waals surface area contributed by atoms with Crippen LogP contribution in [0.5, 0.6) is 0 Å². The van der Waals surface area contributed by atoms with Gasteiger partial charge in [0.1, 0.15) is 0 Å². The first-order valence-electron chi connectivity index (χ1n) is 5.10. The van der Waals surface area contributed by atoms with Crippen molar-refractivity contribution in [3.63, 3.8) is 0 Å². The van der Waals surface area contributed by atoms with Crippen molar-refractivity contribution in [3.05, 3.63) is 50.4 Å². The van der Waals surface area contributed by atoms with Crippen molar-refractivity contribution in [2.75, 3.05) is 6.54 Å². The monoisotopic (exact) mass is 249 g/mol. The highest BCUT2D eigenvalue weighted by atomic mass is 16.6. The molecule has 0 aliphatic rings. The summed E-state index contributed by atoms with van der Waals surface area (Å²) in [6.45, 7) is 1.84. The molecular formula is C10H11N5O3. The summed E-state index contributed by atoms with van der Waals surface area (Å²) in [7, 11) is 0. The van der Waals surface area contributed by atoms with Crippen molar-refractivity contribution in [2.45, 2.75) is 13.0 Å². The van der Waals surface area contributed by atoms with E-state index in [4.69, 9.17) is 5.53 Å². The number of carbonyl (C=O) groups excluding carboxylic acids is 1. The first-order valence-corrected chi connectivity index (χ1v) is 5.10. The maximum atomic E-state index is 11.7. The summed E-state index contributed by atoms with van der Waals surface area (Å²) in [5.74, 6) is -0.370. The van der Waals surface area contributed by atoms with Crippen LogP contribution < -0.4 is 5.32 Å². The lowest BCUT2D eigenvalue weighted by atomic mass is 10.2. The molecule has 18 heavy (non-hydrogen) atoms. The summed E-state index contributed by atoms with van der Waals surface area (Å²) in [5, 5.41) is 16.4. The lowest BCUT2D eigenvalue weighted by molar-refractivity contribution is -0.384. The van der Waals surface area contributed by atoms with Gasteiger partial charge in [0, 0.05) is 35.2 Å². The minimum absolute atomic E-state index is 0.0753. The number of nitro benzene ring substituents is 1. The van der Waals surface area contributed by atoms with Crippen molar-refractivity contribution >= 4 is 11.6 Å². The number of hydrogen-bond donors (Lipinski definition) is 1. The van der Waals surface area contributed by atoms with E-state index in [1.807, 2.05) is 0 Å². The molecule has 8 nitrogen and oxygen atoms in total. The van der Waals surface area contributed by atoms with Gasteiger partial charge in [0.25, 0.3) is 11.6 Å². The Bertz CT molecular complexity index is 493. The van der Waals surface area contributed by atoms with E-state index in [2.05, 4.69) is 15.3 Å². The van der Waals surface area contributed by atoms with Crippen LogP contribution in [0.3, 0.4) is 0 Å². The largest absolute Gasteiger partial charge is 0.349 e. The Kier molecular flexibility index (Phi) is 4.65. The molecule has 1 aromatic carbocycles. The Balaban J connectivity index is 2.66. The maximum absolute atomic E-state index is 11.7. The Morgan fingerprint density at radius 2 is 2.17 bits per heavy atom. The van der Waals surface area contributed by atoms with E-state index in [0.29, 0.717) is 5.56 Å². The van der Waals surface area contributed by atoms with Crippen LogP contribution in [-0.4, -0.2) is 23.4 Å². The van der Waals surface area contributed by atoms with Crippen LogP contribution in [0.2, 0.25) is 0 Å². The Hall–Kier alpha value is -2.60. The minimum Gasteiger partial charge on any atom is -0.349 e. The van der Waals surface area contributed by atoms with Gasteiger partial charge < -0.3 is 5.32 Å². The van der Waals surface area contributed by atoms with Gasteiger partial charge in [0.05, 0.1) is 4.92 Å². The molecule has 0 unspecified atom stereocenters. The van der Waals surface area contributed by atoms with E-state index < -0.39 is 4.92 Å². The molecule has 0 spiro atoms. The standard InChI is InChI=1S/C10H11N5O3/c1-7(6-12-14-11)13-10(16)8-2-4-9(5-3-8)15(17)18/h2-5,7H,6H2,1H3,(H,13,16)/t7-/m1/s1. The van der Waals surface area contributed by atoms with Gasteiger partial charge in [-0.15, -0.1) is 0 Å². The molecule has 1 N–H and O–H groups in total. The van der Waals surface area contributed by atoms with Gasteiger partial charge in [-0.25, -0.2) is 0 Å². The van der Waals surface area contributed by atoms with Gasteiger partial charge >= 0.3 is 0 Å². The molecule has 1 amide bonds. The fourth-order valence-corrected chi connectivity index (χ4v) is 1.25. The topological polar surface area (TPSA) is 121 Å². The van der Waals surface area contributed by atoms with Gasteiger partial charge in [-0.1, -0.05) is 5.11 Å². The Morgan fingerprint density at radius 3 is 2.67 bits per heavy atom. The fraction of sp³-hybridized carbons (Fsp3) is 0.300. The molecule has 1 rings (SSSR count). The third-order valence-electron chi connectivity index (χ3n) is 2.14. The molecule has 0 radical (unpaired) electrons. The number of nitrogens with zero attached hydrogens (tertiary/aromatic N) is 4. The number of amides is 1. The molecule has 0 fully saturated rings. The van der Waals surface area contributed by atoms with Crippen LogP contribution >= 0.6 is 0 Å². The number of hydrogen-bond acceptors (Lipinski definition) is 4. The second-order valence-electron chi connectivity index (χ2n) is 3.59. The average molecular weight is 249 g/mol. The van der Waals surface area contributed by atoms with Crippen LogP contribution in [0.4, 0.5) is 5.69 Å². The van der Waals surface area contributed by atoms with Gasteiger partial charge in [0.2, 0.25) is 0 Å². The van der Waals surface area contributed by atoms with E-state index in [1.54, 1.807) is 6.92 Å². The van der Waals surface area contributed by atoms with Gasteiger partial charge in [-0.05, 0) is 24.6 Å². The molecule has 1 atom stereocenters. The number of rotatable bonds is 5. The second kappa shape index (κ2) is 6.21. The van der Waals surface area contributed by atoms with Gasteiger partial charge in [-0.3, -0.25) is 14.9 Å². The highest BCUT2D eigenvalue weighted by Gasteiger charge is 2.11. The lowest BCUT2D eigenvalue weighted by Crippen LogP contribution is -2.34. The quantitative estimate of drug-likeness (QED) is 0.282. The number of azide groups is 1. The molecule has 0 aromatic heterocycles. The molecule has 0 aliphatic heterocycles. The minimum atomic E-state index is -0.536. The second-order valence-corrected chi connectivity index (χ2v) is 3.59. The summed E-state index contributed by atoms with van der Waals surface area (Å²) < 4.78 is 0. The normalized spacial score (nSPS) is 11.2. The van der Waals surface area contributed by atoms with Crippen molar-refractivity contribution in [1.82, 2.24) is 5.32 Å². The highest BCUT2D eigenvalue weighted by Crippen LogP contribution is 2.11. The number of non-ortho nitro benzene ring substituents is 1. The predicted octanol–water partition coefficient (Wildman–Crippen LogP) is 2.02. The Morgan fingerprint density at radius 1 is 1.56 bits per heavy atom. The average Bonchev–Trinajstić information content (AvgIpc) is 2.36. The van der Waals surface area contributed by atoms with Crippen LogP contribution in [0.25, 0.3) is 10.4 Å². The molecule has 94 valence electrons. The van der Waals surface area contributed by atoms with E-state index in [0.717, 1.165) is 0 Å². The van der Waals surface area contributed by atoms with Crippen LogP contribution in [0.1, 0.15) is 17.3 Å². The van der Waals surface area contributed by atoms with Crippen LogP contribution in [0.15, 0.2) is 29.4 Å². The Labute approximate surface area is 102 Å². The maximum Gasteiger partial charge on any atom is 0.269 e. The summed E-state index contributed by atoms with van der Waals surface area (Å²) in [6.07, 6.45) is 0. The molecule has 1 aromatic rings. The van der Waals surface area contributed by atoms with Crippen molar-refractivity contribution in [1.29, 1.82) is 0 Å². The SMILES string of the molecule is C[C@H](CN=[N+]=[N-])NC(=O)c1ccc([N+](=O)[O-])cc1. The fourth-order valence-electron chi connectivity index (χ4n) is 1.25. The van der Waals surface area contributed by atoms with E-state index in [9.17, 15) is 14.9 Å². The predicted molar refractivity (Wildman–Crippen MR) is 64.0 cm³/mol. The van der Waals surface area contributed by atoms with E-state index >= 15 is 0 Å². The van der Waals surface area contributed by atoms with Crippen molar-refractivity contribution in [2.24, 2.45) is 5.11 Å². The van der Waals surface area contributed by atoms with Crippen molar-refractivity contribution < 1.29 is 9.72 Å². The third-order valence-corrected chi connectivity index (χ3v) is 2.14. The first kappa shape index (κ1) is 13.5. The number of nitrogens with one attached hydrogen (secondary N) is 1. The summed E-state index contributed by atoms with van der Waals surface area (Å²) in [6, 6.07) is 4.95. The van der Waals surface area contributed by atoms with E-state index in [-0.39, 0.29) is 24.2 Å². The smallest absolute Gasteiger partial charge is 0.269 e. The zero-order valence-corrected chi connectivity index (χ0v) is 9.61. The molecule has 0 heterocycles.